The van der Waals surface area contributed by atoms with E-state index in [0.717, 1.165) is 11.3 Å². The number of amides is 1. The molecule has 0 radical (unpaired) electrons. The van der Waals surface area contributed by atoms with Gasteiger partial charge in [0.05, 0.1) is 12.3 Å². The topological polar surface area (TPSA) is 59.0 Å². The van der Waals surface area contributed by atoms with E-state index >= 15 is 0 Å². The maximum Gasteiger partial charge on any atom is 0.268 e. The number of benzene rings is 2. The predicted octanol–water partition coefficient (Wildman–Crippen LogP) is 2.76. The summed E-state index contributed by atoms with van der Waals surface area (Å²) in [5.74, 6) is 1.32. The number of rotatable bonds is 4. The molecule has 5 nitrogen and oxygen atoms in total. The summed E-state index contributed by atoms with van der Waals surface area (Å²) in [6.45, 7) is 2.49. The van der Waals surface area contributed by atoms with Crippen molar-refractivity contribution >= 4 is 11.6 Å². The highest BCUT2D eigenvalue weighted by Crippen LogP contribution is 2.36. The van der Waals surface area contributed by atoms with Crippen LogP contribution < -0.4 is 14.4 Å². The largest absolute Gasteiger partial charge is 0.508 e. The van der Waals surface area contributed by atoms with Crippen LogP contribution >= 0.6 is 0 Å². The number of anilines is 1. The van der Waals surface area contributed by atoms with Gasteiger partial charge in [-0.2, -0.15) is 0 Å². The second-order valence-corrected chi connectivity index (χ2v) is 5.40. The number of hydrogen-bond donors (Lipinski definition) is 1. The molecule has 2 aromatic rings. The van der Waals surface area contributed by atoms with Crippen LogP contribution in [0.1, 0.15) is 12.5 Å². The summed E-state index contributed by atoms with van der Waals surface area (Å²) < 4.78 is 11.5. The Morgan fingerprint density at radius 3 is 2.83 bits per heavy atom. The Bertz CT molecular complexity index is 729. The molecule has 0 saturated carbocycles. The normalized spacial score (nSPS) is 16.7. The highest BCUT2D eigenvalue weighted by atomic mass is 16.5. The summed E-state index contributed by atoms with van der Waals surface area (Å²) in [4.78, 5) is 14.1. The molecule has 1 heterocycles. The average molecular weight is 313 g/mol. The van der Waals surface area contributed by atoms with E-state index in [1.165, 1.54) is 11.0 Å². The fourth-order valence-corrected chi connectivity index (χ4v) is 2.70. The molecule has 1 unspecified atom stereocenters. The van der Waals surface area contributed by atoms with E-state index in [0.29, 0.717) is 24.5 Å². The van der Waals surface area contributed by atoms with Gasteiger partial charge in [0.2, 0.25) is 0 Å². The number of ether oxygens (including phenoxy) is 2. The Hall–Kier alpha value is -2.69. The zero-order valence-electron chi connectivity index (χ0n) is 13.2. The van der Waals surface area contributed by atoms with Gasteiger partial charge in [0, 0.05) is 19.5 Å². The summed E-state index contributed by atoms with van der Waals surface area (Å²) in [6.07, 6.45) is -0.182. The van der Waals surface area contributed by atoms with Gasteiger partial charge >= 0.3 is 0 Å². The van der Waals surface area contributed by atoms with Crippen LogP contribution in [0.5, 0.6) is 17.2 Å². The smallest absolute Gasteiger partial charge is 0.268 e. The SMILES string of the molecule is CCOc1ccccc1CC1Oc2ccc(O)cc2N(C)C1=O. The highest BCUT2D eigenvalue weighted by molar-refractivity contribution is 6.00. The zero-order chi connectivity index (χ0) is 16.4. The van der Waals surface area contributed by atoms with Gasteiger partial charge in [-0.05, 0) is 30.7 Å². The number of phenolic OH excluding ortho intramolecular Hbond substituents is 1. The third-order valence-electron chi connectivity index (χ3n) is 3.86. The number of para-hydroxylation sites is 1. The molecule has 2 aromatic carbocycles. The first-order valence-electron chi connectivity index (χ1n) is 7.58. The fraction of sp³-hybridized carbons (Fsp3) is 0.278. The molecule has 0 spiro atoms. The van der Waals surface area contributed by atoms with E-state index in [1.54, 1.807) is 19.2 Å². The van der Waals surface area contributed by atoms with E-state index in [4.69, 9.17) is 9.47 Å². The van der Waals surface area contributed by atoms with E-state index in [-0.39, 0.29) is 11.7 Å². The number of aromatic hydroxyl groups is 1. The number of fused-ring (bicyclic) bond motifs is 1. The number of likely N-dealkylation sites (N-methyl/N-ethyl adjacent to an activating group) is 1. The number of carbonyl (C=O) groups excluding carboxylic acids is 1. The van der Waals surface area contributed by atoms with Crippen molar-refractivity contribution in [3.8, 4) is 17.2 Å². The maximum absolute atomic E-state index is 12.6. The van der Waals surface area contributed by atoms with Crippen molar-refractivity contribution in [2.24, 2.45) is 0 Å². The van der Waals surface area contributed by atoms with Crippen molar-refractivity contribution in [3.63, 3.8) is 0 Å². The highest BCUT2D eigenvalue weighted by Gasteiger charge is 2.33. The third-order valence-corrected chi connectivity index (χ3v) is 3.86. The molecular weight excluding hydrogens is 294 g/mol. The summed E-state index contributed by atoms with van der Waals surface area (Å²) in [7, 11) is 1.69. The van der Waals surface area contributed by atoms with Crippen LogP contribution in [0.3, 0.4) is 0 Å². The van der Waals surface area contributed by atoms with E-state index in [2.05, 4.69) is 0 Å². The molecule has 1 N–H and O–H groups in total. The van der Waals surface area contributed by atoms with E-state index < -0.39 is 6.10 Å². The Balaban J connectivity index is 1.87. The lowest BCUT2D eigenvalue weighted by molar-refractivity contribution is -0.125. The van der Waals surface area contributed by atoms with E-state index in [1.807, 2.05) is 31.2 Å². The number of carbonyl (C=O) groups is 1. The van der Waals surface area contributed by atoms with Gasteiger partial charge in [0.25, 0.3) is 5.91 Å². The first kappa shape index (κ1) is 15.2. The molecule has 0 aliphatic carbocycles. The summed E-state index contributed by atoms with van der Waals surface area (Å²) >= 11 is 0. The van der Waals surface area contributed by atoms with Crippen LogP contribution in [-0.2, 0) is 11.2 Å². The Kier molecular flexibility index (Phi) is 4.10. The van der Waals surface area contributed by atoms with Gasteiger partial charge in [-0.25, -0.2) is 0 Å². The zero-order valence-corrected chi connectivity index (χ0v) is 13.2. The molecule has 0 bridgehead atoms. The van der Waals surface area contributed by atoms with E-state index in [9.17, 15) is 9.90 Å². The van der Waals surface area contributed by atoms with Gasteiger partial charge in [0.1, 0.15) is 17.2 Å². The molecule has 1 aliphatic heterocycles. The lowest BCUT2D eigenvalue weighted by Gasteiger charge is -2.32. The number of nitrogens with zero attached hydrogens (tertiary/aromatic N) is 1. The molecule has 1 aliphatic rings. The van der Waals surface area contributed by atoms with Crippen molar-refractivity contribution < 1.29 is 19.4 Å². The van der Waals surface area contributed by atoms with Gasteiger partial charge in [-0.3, -0.25) is 4.79 Å². The molecule has 5 heteroatoms. The lowest BCUT2D eigenvalue weighted by atomic mass is 10.0. The Morgan fingerprint density at radius 1 is 1.26 bits per heavy atom. The lowest BCUT2D eigenvalue weighted by Crippen LogP contribution is -2.44. The minimum atomic E-state index is -0.612. The van der Waals surface area contributed by atoms with Crippen LogP contribution in [0.25, 0.3) is 0 Å². The molecule has 1 amide bonds. The van der Waals surface area contributed by atoms with Crippen molar-refractivity contribution in [3.05, 3.63) is 48.0 Å². The molecule has 0 saturated heterocycles. The molecule has 23 heavy (non-hydrogen) atoms. The molecule has 3 rings (SSSR count). The van der Waals surface area contributed by atoms with Gasteiger partial charge in [0.15, 0.2) is 6.10 Å². The average Bonchev–Trinajstić information content (AvgIpc) is 2.55. The summed E-state index contributed by atoms with van der Waals surface area (Å²) in [5.41, 5.74) is 1.51. The standard InChI is InChI=1S/C18H19NO4/c1-3-22-15-7-5-4-6-12(15)10-17-18(21)19(2)14-11-13(20)8-9-16(14)23-17/h4-9,11,17,20H,3,10H2,1-2H3. The Morgan fingerprint density at radius 2 is 2.04 bits per heavy atom. The third kappa shape index (κ3) is 2.95. The van der Waals surface area contributed by atoms with Crippen molar-refractivity contribution in [1.29, 1.82) is 0 Å². The number of phenols is 1. The van der Waals surface area contributed by atoms with Crippen molar-refractivity contribution in [1.82, 2.24) is 0 Å². The molecule has 0 aromatic heterocycles. The first-order valence-corrected chi connectivity index (χ1v) is 7.58. The summed E-state index contributed by atoms with van der Waals surface area (Å²) in [6, 6.07) is 12.4. The van der Waals surface area contributed by atoms with Crippen LogP contribution in [-0.4, -0.2) is 30.8 Å². The fourth-order valence-electron chi connectivity index (χ4n) is 2.70. The molecule has 0 fully saturated rings. The van der Waals surface area contributed by atoms with Crippen LogP contribution in [0.2, 0.25) is 0 Å². The maximum atomic E-state index is 12.6. The first-order chi connectivity index (χ1) is 11.1. The second-order valence-electron chi connectivity index (χ2n) is 5.40. The van der Waals surface area contributed by atoms with Gasteiger partial charge in [-0.1, -0.05) is 18.2 Å². The molecule has 120 valence electrons. The predicted molar refractivity (Wildman–Crippen MR) is 87.2 cm³/mol. The number of hydrogen-bond acceptors (Lipinski definition) is 4. The summed E-state index contributed by atoms with van der Waals surface area (Å²) in [5, 5.41) is 9.58. The second kappa shape index (κ2) is 6.20. The minimum Gasteiger partial charge on any atom is -0.508 e. The Labute approximate surface area is 135 Å². The monoisotopic (exact) mass is 313 g/mol. The van der Waals surface area contributed by atoms with Crippen LogP contribution in [0, 0.1) is 0 Å². The molecular formula is C18H19NO4. The van der Waals surface area contributed by atoms with Crippen LogP contribution in [0.15, 0.2) is 42.5 Å². The van der Waals surface area contributed by atoms with Crippen LogP contribution in [0.4, 0.5) is 5.69 Å². The quantitative estimate of drug-likeness (QED) is 0.943. The van der Waals surface area contributed by atoms with Crippen molar-refractivity contribution in [2.75, 3.05) is 18.6 Å². The molecule has 1 atom stereocenters. The van der Waals surface area contributed by atoms with Gasteiger partial charge < -0.3 is 19.5 Å². The minimum absolute atomic E-state index is 0.104. The van der Waals surface area contributed by atoms with Crippen molar-refractivity contribution in [2.45, 2.75) is 19.4 Å². The van der Waals surface area contributed by atoms with Gasteiger partial charge in [-0.15, -0.1) is 0 Å².